The van der Waals surface area contributed by atoms with Crippen molar-refractivity contribution in [3.8, 4) is 0 Å². The second kappa shape index (κ2) is 8.26. The molecule has 0 aliphatic carbocycles. The van der Waals surface area contributed by atoms with Gasteiger partial charge >= 0.3 is 0 Å². The zero-order valence-corrected chi connectivity index (χ0v) is 16.7. The Morgan fingerprint density at radius 1 is 1.04 bits per heavy atom. The minimum absolute atomic E-state index is 0.0226. The molecule has 0 saturated heterocycles. The summed E-state index contributed by atoms with van der Waals surface area (Å²) in [4.78, 5) is 14.7. The monoisotopic (exact) mass is 405 g/mol. The number of benzene rings is 1. The third-order valence-electron chi connectivity index (χ3n) is 3.84. The molecule has 0 radical (unpaired) electrons. The van der Waals surface area contributed by atoms with Crippen LogP contribution in [0.4, 0.5) is 0 Å². The van der Waals surface area contributed by atoms with Crippen molar-refractivity contribution in [3.05, 3.63) is 74.1 Å². The van der Waals surface area contributed by atoms with Gasteiger partial charge in [0.05, 0.1) is 14.6 Å². The molecular formula is C19H19NO3S3. The average Bonchev–Trinajstić information content (AvgIpc) is 3.32. The molecule has 2 aromatic heterocycles. The fourth-order valence-electron chi connectivity index (χ4n) is 2.50. The Labute approximate surface area is 161 Å². The maximum Gasteiger partial charge on any atom is 0.240 e. The van der Waals surface area contributed by atoms with Gasteiger partial charge in [0, 0.05) is 11.4 Å². The first-order valence-electron chi connectivity index (χ1n) is 8.25. The van der Waals surface area contributed by atoms with Crippen LogP contribution in [0.3, 0.4) is 0 Å². The van der Waals surface area contributed by atoms with Crippen molar-refractivity contribution in [1.29, 1.82) is 0 Å². The number of thiophene rings is 2. The summed E-state index contributed by atoms with van der Waals surface area (Å²) in [5.41, 5.74) is 1.13. The number of sulfonamides is 1. The van der Waals surface area contributed by atoms with Crippen LogP contribution in [0.15, 0.2) is 58.8 Å². The SMILES string of the molecule is CCCc1ccc(S(=O)(=O)NCc2ccc(C(=O)c3cccs3)s2)cc1. The average molecular weight is 406 g/mol. The molecule has 0 atom stereocenters. The number of rotatable bonds is 8. The summed E-state index contributed by atoms with van der Waals surface area (Å²) in [6, 6.07) is 14.1. The quantitative estimate of drug-likeness (QED) is 0.562. The van der Waals surface area contributed by atoms with Gasteiger partial charge in [0.1, 0.15) is 0 Å². The molecule has 4 nitrogen and oxygen atoms in total. The van der Waals surface area contributed by atoms with Gasteiger partial charge in [0.2, 0.25) is 15.8 Å². The lowest BCUT2D eigenvalue weighted by Crippen LogP contribution is -2.22. The summed E-state index contributed by atoms with van der Waals surface area (Å²) in [5, 5.41) is 1.86. The summed E-state index contributed by atoms with van der Waals surface area (Å²) in [5.74, 6) is -0.0226. The van der Waals surface area contributed by atoms with Gasteiger partial charge < -0.3 is 0 Å². The van der Waals surface area contributed by atoms with E-state index in [2.05, 4.69) is 11.6 Å². The van der Waals surface area contributed by atoms with Crippen molar-refractivity contribution in [1.82, 2.24) is 4.72 Å². The predicted molar refractivity (Wildman–Crippen MR) is 107 cm³/mol. The zero-order chi connectivity index (χ0) is 18.6. The van der Waals surface area contributed by atoms with Crippen LogP contribution in [0, 0.1) is 0 Å². The van der Waals surface area contributed by atoms with Crippen molar-refractivity contribution in [2.45, 2.75) is 31.2 Å². The molecule has 1 aromatic carbocycles. The highest BCUT2D eigenvalue weighted by molar-refractivity contribution is 7.89. The third-order valence-corrected chi connectivity index (χ3v) is 7.21. The molecule has 26 heavy (non-hydrogen) atoms. The largest absolute Gasteiger partial charge is 0.287 e. The molecule has 0 bridgehead atoms. The van der Waals surface area contributed by atoms with E-state index in [9.17, 15) is 13.2 Å². The normalized spacial score (nSPS) is 11.6. The molecular weight excluding hydrogens is 386 g/mol. The molecule has 0 unspecified atom stereocenters. The highest BCUT2D eigenvalue weighted by Gasteiger charge is 2.16. The molecule has 136 valence electrons. The molecule has 0 saturated carbocycles. The van der Waals surface area contributed by atoms with E-state index < -0.39 is 10.0 Å². The van der Waals surface area contributed by atoms with Crippen LogP contribution in [0.25, 0.3) is 0 Å². The zero-order valence-electron chi connectivity index (χ0n) is 14.3. The van der Waals surface area contributed by atoms with Gasteiger partial charge in [-0.25, -0.2) is 13.1 Å². The second-order valence-electron chi connectivity index (χ2n) is 5.79. The van der Waals surface area contributed by atoms with Crippen molar-refractivity contribution in [2.75, 3.05) is 0 Å². The van der Waals surface area contributed by atoms with E-state index in [4.69, 9.17) is 0 Å². The number of ketones is 1. The van der Waals surface area contributed by atoms with Gasteiger partial charge in [0.15, 0.2) is 0 Å². The highest BCUT2D eigenvalue weighted by Crippen LogP contribution is 2.23. The van der Waals surface area contributed by atoms with Gasteiger partial charge in [-0.2, -0.15) is 0 Å². The van der Waals surface area contributed by atoms with Gasteiger partial charge in [-0.1, -0.05) is 31.5 Å². The fraction of sp³-hybridized carbons (Fsp3) is 0.211. The minimum atomic E-state index is -3.57. The summed E-state index contributed by atoms with van der Waals surface area (Å²) < 4.78 is 27.5. The van der Waals surface area contributed by atoms with E-state index in [0.717, 1.165) is 23.3 Å². The lowest BCUT2D eigenvalue weighted by Gasteiger charge is -2.06. The fourth-order valence-corrected chi connectivity index (χ4v) is 5.24. The van der Waals surface area contributed by atoms with Crippen molar-refractivity contribution >= 4 is 38.5 Å². The van der Waals surface area contributed by atoms with E-state index in [0.29, 0.717) is 9.75 Å². The number of aryl methyl sites for hydroxylation is 1. The second-order valence-corrected chi connectivity index (χ2v) is 9.67. The van der Waals surface area contributed by atoms with E-state index in [1.165, 1.54) is 22.7 Å². The molecule has 3 rings (SSSR count). The van der Waals surface area contributed by atoms with Gasteiger partial charge in [-0.05, 0) is 47.7 Å². The maximum absolute atomic E-state index is 12.4. The molecule has 0 fully saturated rings. The first-order chi connectivity index (χ1) is 12.5. The number of hydrogen-bond donors (Lipinski definition) is 1. The van der Waals surface area contributed by atoms with Crippen molar-refractivity contribution < 1.29 is 13.2 Å². The van der Waals surface area contributed by atoms with E-state index >= 15 is 0 Å². The van der Waals surface area contributed by atoms with Gasteiger partial charge in [-0.3, -0.25) is 4.79 Å². The topological polar surface area (TPSA) is 63.2 Å². The number of carbonyl (C=O) groups excluding carboxylic acids is 1. The molecule has 0 aliphatic rings. The molecule has 0 aliphatic heterocycles. The Hall–Kier alpha value is -1.80. The minimum Gasteiger partial charge on any atom is -0.287 e. The van der Waals surface area contributed by atoms with Crippen molar-refractivity contribution in [2.24, 2.45) is 0 Å². The highest BCUT2D eigenvalue weighted by atomic mass is 32.2. The predicted octanol–water partition coefficient (Wildman–Crippen LogP) is 4.47. The first-order valence-corrected chi connectivity index (χ1v) is 11.4. The molecule has 7 heteroatoms. The maximum atomic E-state index is 12.4. The number of carbonyl (C=O) groups is 1. The lowest BCUT2D eigenvalue weighted by molar-refractivity contribution is 0.104. The van der Waals surface area contributed by atoms with Gasteiger partial charge in [-0.15, -0.1) is 22.7 Å². The Morgan fingerprint density at radius 3 is 2.46 bits per heavy atom. The first kappa shape index (κ1) is 19.0. The lowest BCUT2D eigenvalue weighted by atomic mass is 10.1. The molecule has 0 spiro atoms. The van der Waals surface area contributed by atoms with Crippen molar-refractivity contribution in [3.63, 3.8) is 0 Å². The molecule has 2 heterocycles. The summed E-state index contributed by atoms with van der Waals surface area (Å²) in [6.07, 6.45) is 1.96. The molecule has 1 N–H and O–H groups in total. The van der Waals surface area contributed by atoms with Crippen LogP contribution in [-0.2, 0) is 23.0 Å². The van der Waals surface area contributed by atoms with Crippen LogP contribution in [0.5, 0.6) is 0 Å². The van der Waals surface area contributed by atoms with E-state index in [1.807, 2.05) is 23.6 Å². The van der Waals surface area contributed by atoms with Crippen LogP contribution >= 0.6 is 22.7 Å². The smallest absolute Gasteiger partial charge is 0.240 e. The third kappa shape index (κ3) is 4.48. The number of nitrogens with one attached hydrogen (secondary N) is 1. The van der Waals surface area contributed by atoms with Crippen LogP contribution in [-0.4, -0.2) is 14.2 Å². The molecule has 0 amide bonds. The van der Waals surface area contributed by atoms with E-state index in [-0.39, 0.29) is 17.2 Å². The Kier molecular flexibility index (Phi) is 6.03. The van der Waals surface area contributed by atoms with Crippen LogP contribution < -0.4 is 4.72 Å². The summed E-state index contributed by atoms with van der Waals surface area (Å²) in [7, 11) is -3.57. The van der Waals surface area contributed by atoms with Crippen LogP contribution in [0.1, 0.15) is 38.3 Å². The Morgan fingerprint density at radius 2 is 1.81 bits per heavy atom. The van der Waals surface area contributed by atoms with Gasteiger partial charge in [0.25, 0.3) is 0 Å². The Bertz CT molecular complexity index is 971. The van der Waals surface area contributed by atoms with E-state index in [1.54, 1.807) is 30.3 Å². The Balaban J connectivity index is 1.65. The summed E-state index contributed by atoms with van der Waals surface area (Å²) in [6.45, 7) is 2.26. The van der Waals surface area contributed by atoms with Crippen LogP contribution in [0.2, 0.25) is 0 Å². The molecule has 3 aromatic rings. The standard InChI is InChI=1S/C19H19NO3S3/c1-2-4-14-6-9-16(10-7-14)26(22,23)20-13-15-8-11-18(25-15)19(21)17-5-3-12-24-17/h3,5-12,20H,2,4,13H2,1H3. The summed E-state index contributed by atoms with van der Waals surface area (Å²) >= 11 is 2.71. The number of hydrogen-bond acceptors (Lipinski definition) is 5.